The molecule has 2 heterocycles. The number of hydrogen-bond donors (Lipinski definition) is 1. The average molecular weight is 599 g/mol. The number of alkyl carbamates (subject to hydrolysis) is 1. The molecule has 0 aliphatic carbocycles. The second-order valence-corrected chi connectivity index (χ2v) is 12.7. The van der Waals surface area contributed by atoms with E-state index in [9.17, 15) is 18.0 Å². The van der Waals surface area contributed by atoms with Crippen LogP contribution in [0.2, 0.25) is 5.02 Å². The topological polar surface area (TPSA) is 96.0 Å². The minimum atomic E-state index is -3.24. The van der Waals surface area contributed by atoms with Crippen LogP contribution in [0.4, 0.5) is 4.79 Å². The third-order valence-electron chi connectivity index (χ3n) is 7.69. The molecule has 2 aromatic carbocycles. The summed E-state index contributed by atoms with van der Waals surface area (Å²) in [6, 6.07) is 14.1. The number of likely N-dealkylation sites (tertiary alicyclic amines) is 2. The summed E-state index contributed by atoms with van der Waals surface area (Å²) in [4.78, 5) is 30.1. The predicted molar refractivity (Wildman–Crippen MR) is 154 cm³/mol. The van der Waals surface area contributed by atoms with Gasteiger partial charge in [0, 0.05) is 30.9 Å². The Hall–Kier alpha value is -2.33. The molecule has 8 nitrogen and oxygen atoms in total. The molecule has 0 radical (unpaired) electrons. The number of nitrogens with zero attached hydrogens (tertiary/aromatic N) is 2. The Morgan fingerprint density at radius 3 is 2.38 bits per heavy atom. The number of piperidine rings is 1. The van der Waals surface area contributed by atoms with E-state index in [-0.39, 0.29) is 34.7 Å². The fourth-order valence-electron chi connectivity index (χ4n) is 5.45. The number of carbonyl (C=O) groups excluding carboxylic acids is 2. The van der Waals surface area contributed by atoms with Crippen LogP contribution in [0.3, 0.4) is 0 Å². The Balaban J connectivity index is 0.00000420. The largest absolute Gasteiger partial charge is 0.450 e. The lowest BCUT2D eigenvalue weighted by molar-refractivity contribution is -0.138. The van der Waals surface area contributed by atoms with E-state index in [1.54, 1.807) is 31.2 Å². The molecule has 0 bridgehead atoms. The second kappa shape index (κ2) is 13.4. The Morgan fingerprint density at radius 2 is 1.77 bits per heavy atom. The number of sulfone groups is 1. The maximum atomic E-state index is 13.4. The number of halogens is 2. The summed E-state index contributed by atoms with van der Waals surface area (Å²) in [5.74, 6) is 0.199. The molecule has 2 aliphatic rings. The van der Waals surface area contributed by atoms with Crippen molar-refractivity contribution in [3.05, 3.63) is 64.7 Å². The Bertz CT molecular complexity index is 1250. The van der Waals surface area contributed by atoms with Gasteiger partial charge in [-0.25, -0.2) is 13.2 Å². The monoisotopic (exact) mass is 597 g/mol. The van der Waals surface area contributed by atoms with E-state index in [1.807, 2.05) is 29.2 Å². The molecular formula is C28H37Cl2N3O5S. The molecule has 2 fully saturated rings. The van der Waals surface area contributed by atoms with Crippen molar-refractivity contribution >= 4 is 45.8 Å². The number of hydrogen-bond acceptors (Lipinski definition) is 6. The number of rotatable bonds is 9. The highest BCUT2D eigenvalue weighted by Crippen LogP contribution is 2.42. The zero-order valence-electron chi connectivity index (χ0n) is 22.4. The van der Waals surface area contributed by atoms with Crippen molar-refractivity contribution in [2.24, 2.45) is 5.41 Å². The van der Waals surface area contributed by atoms with Crippen LogP contribution in [-0.2, 0) is 25.9 Å². The first-order valence-electron chi connectivity index (χ1n) is 13.1. The highest BCUT2D eigenvalue weighted by Gasteiger charge is 2.47. The Labute approximate surface area is 242 Å². The van der Waals surface area contributed by atoms with Crippen LogP contribution in [0.15, 0.2) is 53.4 Å². The van der Waals surface area contributed by atoms with E-state index >= 15 is 0 Å². The van der Waals surface area contributed by atoms with Crippen molar-refractivity contribution in [3.63, 3.8) is 0 Å². The summed E-state index contributed by atoms with van der Waals surface area (Å²) in [6.45, 7) is 5.72. The first-order chi connectivity index (χ1) is 18.1. The van der Waals surface area contributed by atoms with Gasteiger partial charge in [0.25, 0.3) is 0 Å². The molecule has 2 aliphatic heterocycles. The minimum Gasteiger partial charge on any atom is -0.450 e. The third kappa shape index (κ3) is 7.87. The van der Waals surface area contributed by atoms with Crippen LogP contribution in [0, 0.1) is 5.41 Å². The van der Waals surface area contributed by atoms with Crippen molar-refractivity contribution in [3.8, 4) is 0 Å². The number of nitrogens with one attached hydrogen (secondary N) is 1. The maximum Gasteiger partial charge on any atom is 0.407 e. The van der Waals surface area contributed by atoms with E-state index in [1.165, 1.54) is 6.26 Å². The van der Waals surface area contributed by atoms with Crippen molar-refractivity contribution < 1.29 is 22.7 Å². The normalized spacial score (nSPS) is 18.0. The molecule has 0 saturated carbocycles. The summed E-state index contributed by atoms with van der Waals surface area (Å²) >= 11 is 6.19. The molecule has 2 amide bonds. The van der Waals surface area contributed by atoms with Gasteiger partial charge in [-0.3, -0.25) is 4.79 Å². The van der Waals surface area contributed by atoms with Gasteiger partial charge in [-0.1, -0.05) is 35.9 Å². The molecule has 214 valence electrons. The molecule has 1 N–H and O–H groups in total. The molecule has 1 spiro atoms. The maximum absolute atomic E-state index is 13.4. The van der Waals surface area contributed by atoms with Gasteiger partial charge in [0.05, 0.1) is 23.0 Å². The molecule has 11 heteroatoms. The van der Waals surface area contributed by atoms with E-state index in [0.717, 1.165) is 50.0 Å². The lowest BCUT2D eigenvalue weighted by Crippen LogP contribution is -2.45. The van der Waals surface area contributed by atoms with Crippen LogP contribution < -0.4 is 5.32 Å². The molecule has 0 aromatic heterocycles. The fourth-order valence-corrected chi connectivity index (χ4v) is 6.28. The second-order valence-electron chi connectivity index (χ2n) is 10.3. The van der Waals surface area contributed by atoms with Gasteiger partial charge in [0.2, 0.25) is 5.91 Å². The van der Waals surface area contributed by atoms with Crippen molar-refractivity contribution in [1.82, 2.24) is 15.1 Å². The average Bonchev–Trinajstić information content (AvgIpc) is 3.17. The lowest BCUT2D eigenvalue weighted by atomic mass is 9.77. The zero-order chi connectivity index (χ0) is 27.3. The standard InChI is InChI=1S/C28H36ClN3O5S.ClH/c1-3-37-27(34)30-25(22-5-4-6-23(29)19-22)11-15-31-16-12-28(13-17-31)14-18-32(26(28)33)20-21-7-9-24(10-8-21)38(2,35)36;/h4-10,19,25H,3,11-18,20H2,1-2H3,(H,30,34);1H. The molecule has 2 saturated heterocycles. The van der Waals surface area contributed by atoms with Gasteiger partial charge in [-0.15, -0.1) is 12.4 Å². The summed E-state index contributed by atoms with van der Waals surface area (Å²) in [6.07, 6.45) is 3.91. The summed E-state index contributed by atoms with van der Waals surface area (Å²) in [5.41, 5.74) is 1.55. The van der Waals surface area contributed by atoms with Gasteiger partial charge >= 0.3 is 6.09 Å². The Morgan fingerprint density at radius 1 is 1.10 bits per heavy atom. The predicted octanol–water partition coefficient (Wildman–Crippen LogP) is 4.86. The summed E-state index contributed by atoms with van der Waals surface area (Å²) in [7, 11) is -3.24. The van der Waals surface area contributed by atoms with Crippen LogP contribution in [0.5, 0.6) is 0 Å². The molecule has 4 rings (SSSR count). The van der Waals surface area contributed by atoms with Crippen LogP contribution >= 0.6 is 24.0 Å². The van der Waals surface area contributed by atoms with Gasteiger partial charge in [-0.2, -0.15) is 0 Å². The fraction of sp³-hybridized carbons (Fsp3) is 0.500. The lowest BCUT2D eigenvalue weighted by Gasteiger charge is -2.38. The summed E-state index contributed by atoms with van der Waals surface area (Å²) < 4.78 is 28.5. The Kier molecular flexibility index (Phi) is 10.7. The van der Waals surface area contributed by atoms with Crippen LogP contribution in [0.25, 0.3) is 0 Å². The van der Waals surface area contributed by atoms with Gasteiger partial charge in [0.1, 0.15) is 0 Å². The molecule has 1 atom stereocenters. The van der Waals surface area contributed by atoms with Gasteiger partial charge in [0.15, 0.2) is 9.84 Å². The van der Waals surface area contributed by atoms with Crippen LogP contribution in [0.1, 0.15) is 49.8 Å². The number of ether oxygens (including phenoxy) is 1. The number of benzene rings is 2. The quantitative estimate of drug-likeness (QED) is 0.443. The first kappa shape index (κ1) is 31.2. The van der Waals surface area contributed by atoms with Crippen molar-refractivity contribution in [2.45, 2.75) is 50.1 Å². The smallest absolute Gasteiger partial charge is 0.407 e. The first-order valence-corrected chi connectivity index (χ1v) is 15.4. The van der Waals surface area contributed by atoms with E-state index in [0.29, 0.717) is 31.1 Å². The van der Waals surface area contributed by atoms with E-state index in [2.05, 4.69) is 10.2 Å². The molecule has 2 aromatic rings. The third-order valence-corrected chi connectivity index (χ3v) is 9.06. The molecule has 1 unspecified atom stereocenters. The molecule has 39 heavy (non-hydrogen) atoms. The van der Waals surface area contributed by atoms with E-state index < -0.39 is 15.9 Å². The highest BCUT2D eigenvalue weighted by atomic mass is 35.5. The molecular weight excluding hydrogens is 561 g/mol. The minimum absolute atomic E-state index is 0. The summed E-state index contributed by atoms with van der Waals surface area (Å²) in [5, 5.41) is 3.58. The SMILES string of the molecule is CCOC(=O)NC(CCN1CCC2(CC1)CCN(Cc1ccc(S(C)(=O)=O)cc1)C2=O)c1cccc(Cl)c1.Cl. The zero-order valence-corrected chi connectivity index (χ0v) is 24.8. The number of amides is 2. The number of carbonyl (C=O) groups is 2. The highest BCUT2D eigenvalue weighted by molar-refractivity contribution is 7.90. The van der Waals surface area contributed by atoms with E-state index in [4.69, 9.17) is 16.3 Å². The van der Waals surface area contributed by atoms with Crippen LogP contribution in [-0.4, -0.2) is 69.3 Å². The van der Waals surface area contributed by atoms with Gasteiger partial charge in [-0.05, 0) is 81.1 Å². The van der Waals surface area contributed by atoms with Gasteiger partial charge < -0.3 is 19.9 Å². The van der Waals surface area contributed by atoms with Crippen molar-refractivity contribution in [1.29, 1.82) is 0 Å². The van der Waals surface area contributed by atoms with Crippen molar-refractivity contribution in [2.75, 3.05) is 39.0 Å².